The highest BCUT2D eigenvalue weighted by molar-refractivity contribution is 7.83. The molecule has 56 valence electrons. The highest BCUT2D eigenvalue weighted by atomic mass is 35.5. The van der Waals surface area contributed by atoms with Gasteiger partial charge in [0.1, 0.15) is 0 Å². The van der Waals surface area contributed by atoms with Gasteiger partial charge in [-0.2, -0.15) is 0 Å². The van der Waals surface area contributed by atoms with Gasteiger partial charge in [-0.25, -0.2) is 0 Å². The van der Waals surface area contributed by atoms with Crippen molar-refractivity contribution >= 4 is 45.8 Å². The molecule has 0 saturated heterocycles. The summed E-state index contributed by atoms with van der Waals surface area (Å²) >= 11 is 11.7. The average Bonchev–Trinajstić information content (AvgIpc) is 2.31. The minimum atomic E-state index is 0.750. The fourth-order valence-corrected chi connectivity index (χ4v) is 2.32. The molecule has 4 heteroatoms. The van der Waals surface area contributed by atoms with Crippen LogP contribution in [-0.2, 0) is 0 Å². The maximum absolute atomic E-state index is 5.91. The molecule has 0 aliphatic rings. The van der Waals surface area contributed by atoms with Crippen LogP contribution in [0.3, 0.4) is 0 Å². The molecule has 0 spiro atoms. The lowest BCUT2D eigenvalue weighted by Gasteiger charge is -1.88. The van der Waals surface area contributed by atoms with Gasteiger partial charge in [0.05, 0.1) is 19.4 Å². The van der Waals surface area contributed by atoms with E-state index in [0.29, 0.717) is 0 Å². The molecule has 0 amide bonds. The van der Waals surface area contributed by atoms with E-state index in [2.05, 4.69) is 17.6 Å². The van der Waals surface area contributed by atoms with E-state index in [1.54, 1.807) is 23.6 Å². The highest BCUT2D eigenvalue weighted by Crippen LogP contribution is 2.31. The predicted octanol–water partition coefficient (Wildman–Crippen LogP) is 3.24. The van der Waals surface area contributed by atoms with Gasteiger partial charge in [0.2, 0.25) is 0 Å². The first-order valence-corrected chi connectivity index (χ1v) is 4.64. The number of thiophene rings is 1. The van der Waals surface area contributed by atoms with Crippen LogP contribution in [0, 0.1) is 0 Å². The summed E-state index contributed by atoms with van der Waals surface area (Å²) in [4.78, 5) is 4.14. The Kier molecular flexibility index (Phi) is 1.79. The number of rotatable bonds is 0. The minimum absolute atomic E-state index is 0.750. The van der Waals surface area contributed by atoms with Crippen molar-refractivity contribution in [2.24, 2.45) is 0 Å². The molecule has 0 unspecified atom stereocenters. The van der Waals surface area contributed by atoms with E-state index in [1.165, 1.54) is 0 Å². The van der Waals surface area contributed by atoms with Crippen molar-refractivity contribution in [2.45, 2.75) is 4.21 Å². The van der Waals surface area contributed by atoms with Gasteiger partial charge in [-0.05, 0) is 12.1 Å². The lowest BCUT2D eigenvalue weighted by Crippen LogP contribution is -1.69. The predicted molar refractivity (Wildman–Crippen MR) is 51.9 cm³/mol. The number of hydrogen-bond acceptors (Lipinski definition) is 3. The van der Waals surface area contributed by atoms with Gasteiger partial charge in [0.15, 0.2) is 0 Å². The zero-order valence-corrected chi connectivity index (χ0v) is 7.88. The van der Waals surface area contributed by atoms with Gasteiger partial charge < -0.3 is 0 Å². The van der Waals surface area contributed by atoms with Crippen LogP contribution in [0.4, 0.5) is 0 Å². The minimum Gasteiger partial charge on any atom is -0.255 e. The quantitative estimate of drug-likeness (QED) is 0.646. The molecule has 0 aromatic carbocycles. The van der Waals surface area contributed by atoms with Crippen molar-refractivity contribution in [3.63, 3.8) is 0 Å². The molecule has 0 saturated carbocycles. The third-order valence-electron chi connectivity index (χ3n) is 1.35. The summed E-state index contributed by atoms with van der Waals surface area (Å²) in [5.74, 6) is 0. The van der Waals surface area contributed by atoms with Crippen molar-refractivity contribution < 1.29 is 0 Å². The highest BCUT2D eigenvalue weighted by Gasteiger charge is 2.02. The molecule has 0 aliphatic carbocycles. The van der Waals surface area contributed by atoms with E-state index in [1.807, 2.05) is 6.07 Å². The van der Waals surface area contributed by atoms with E-state index in [0.717, 1.165) is 19.4 Å². The van der Waals surface area contributed by atoms with E-state index in [9.17, 15) is 0 Å². The van der Waals surface area contributed by atoms with Crippen LogP contribution < -0.4 is 0 Å². The molecule has 0 N–H and O–H groups in total. The van der Waals surface area contributed by atoms with Crippen LogP contribution in [0.2, 0.25) is 5.02 Å². The number of halogens is 1. The number of nitrogens with zero attached hydrogens (tertiary/aromatic N) is 1. The van der Waals surface area contributed by atoms with Crippen LogP contribution in [0.15, 0.2) is 22.5 Å². The summed E-state index contributed by atoms with van der Waals surface area (Å²) < 4.78 is 1.96. The summed E-state index contributed by atoms with van der Waals surface area (Å²) in [6.45, 7) is 0. The lowest BCUT2D eigenvalue weighted by atomic mass is 10.4. The van der Waals surface area contributed by atoms with E-state index < -0.39 is 0 Å². The molecule has 1 nitrogen and oxygen atoms in total. The van der Waals surface area contributed by atoms with Gasteiger partial charge in [0.25, 0.3) is 0 Å². The monoisotopic (exact) mass is 201 g/mol. The smallest absolute Gasteiger partial charge is 0.0836 e. The number of thiol groups is 1. The van der Waals surface area contributed by atoms with Crippen molar-refractivity contribution in [3.05, 3.63) is 23.4 Å². The second-order valence-electron chi connectivity index (χ2n) is 2.09. The Balaban J connectivity index is 2.90. The van der Waals surface area contributed by atoms with Gasteiger partial charge in [-0.3, -0.25) is 4.98 Å². The molecular formula is C7H4ClNS2. The lowest BCUT2D eigenvalue weighted by molar-refractivity contribution is 1.42. The van der Waals surface area contributed by atoms with Crippen molar-refractivity contribution in [2.75, 3.05) is 0 Å². The molecule has 2 aromatic heterocycles. The Morgan fingerprint density at radius 1 is 1.55 bits per heavy atom. The third kappa shape index (κ3) is 1.24. The Morgan fingerprint density at radius 3 is 3.09 bits per heavy atom. The molecule has 2 heterocycles. The molecule has 2 aromatic rings. The molecule has 2 rings (SSSR count). The van der Waals surface area contributed by atoms with Crippen LogP contribution >= 0.6 is 35.6 Å². The standard InChI is InChI=1S/C7H4ClNS2/c8-4-1-2-9-5-3-6(10)11-7(4)5/h1-3,10H. The second-order valence-corrected chi connectivity index (χ2v) is 4.34. The Morgan fingerprint density at radius 2 is 2.36 bits per heavy atom. The van der Waals surface area contributed by atoms with E-state index >= 15 is 0 Å². The third-order valence-corrected chi connectivity index (χ3v) is 3.14. The molecule has 0 bridgehead atoms. The molecule has 11 heavy (non-hydrogen) atoms. The van der Waals surface area contributed by atoms with Gasteiger partial charge in [0, 0.05) is 6.20 Å². The first kappa shape index (κ1) is 7.40. The van der Waals surface area contributed by atoms with Crippen LogP contribution in [0.25, 0.3) is 10.2 Å². The fourth-order valence-electron chi connectivity index (χ4n) is 0.895. The van der Waals surface area contributed by atoms with Crippen LogP contribution in [0.5, 0.6) is 0 Å². The van der Waals surface area contributed by atoms with E-state index in [4.69, 9.17) is 11.6 Å². The van der Waals surface area contributed by atoms with Gasteiger partial charge >= 0.3 is 0 Å². The zero-order chi connectivity index (χ0) is 7.84. The molecule has 0 fully saturated rings. The Hall–Kier alpha value is -0.250. The number of hydrogen-bond donors (Lipinski definition) is 1. The topological polar surface area (TPSA) is 12.9 Å². The van der Waals surface area contributed by atoms with Gasteiger partial charge in [-0.1, -0.05) is 11.6 Å². The van der Waals surface area contributed by atoms with Gasteiger partial charge in [-0.15, -0.1) is 24.0 Å². The van der Waals surface area contributed by atoms with Crippen molar-refractivity contribution in [1.82, 2.24) is 4.98 Å². The molecular weight excluding hydrogens is 198 g/mol. The fraction of sp³-hybridized carbons (Fsp3) is 0. The maximum Gasteiger partial charge on any atom is 0.0836 e. The number of pyridine rings is 1. The SMILES string of the molecule is Sc1cc2nccc(Cl)c2s1. The van der Waals surface area contributed by atoms with Crippen molar-refractivity contribution in [3.8, 4) is 0 Å². The summed E-state index contributed by atoms with van der Waals surface area (Å²) in [5, 5.41) is 0.750. The zero-order valence-electron chi connectivity index (χ0n) is 5.41. The largest absolute Gasteiger partial charge is 0.255 e. The Labute approximate surface area is 78.4 Å². The molecule has 0 aliphatic heterocycles. The van der Waals surface area contributed by atoms with E-state index in [-0.39, 0.29) is 0 Å². The summed E-state index contributed by atoms with van der Waals surface area (Å²) in [6.07, 6.45) is 1.70. The Bertz CT molecular complexity index is 396. The first-order valence-electron chi connectivity index (χ1n) is 3.00. The van der Waals surface area contributed by atoms with Crippen LogP contribution in [0.1, 0.15) is 0 Å². The number of fused-ring (bicyclic) bond motifs is 1. The van der Waals surface area contributed by atoms with Crippen molar-refractivity contribution in [1.29, 1.82) is 0 Å². The summed E-state index contributed by atoms with van der Waals surface area (Å²) in [5.41, 5.74) is 0.924. The molecule has 0 radical (unpaired) electrons. The normalized spacial score (nSPS) is 10.7. The first-order chi connectivity index (χ1) is 5.27. The van der Waals surface area contributed by atoms with Crippen LogP contribution in [-0.4, -0.2) is 4.98 Å². The maximum atomic E-state index is 5.91. The second kappa shape index (κ2) is 2.66. The average molecular weight is 202 g/mol. The molecule has 0 atom stereocenters. The number of aromatic nitrogens is 1. The summed E-state index contributed by atoms with van der Waals surface area (Å²) in [6, 6.07) is 3.70. The summed E-state index contributed by atoms with van der Waals surface area (Å²) in [7, 11) is 0.